The fraction of sp³-hybridized carbons (Fsp3) is 0.438. The van der Waals surface area contributed by atoms with Crippen molar-refractivity contribution in [2.24, 2.45) is 5.92 Å². The zero-order valence-electron chi connectivity index (χ0n) is 11.6. The standard InChI is InChI=1S/C16H18N2O2/c1-10-9-20-15-6-11(2-3-13(10)15)16(19)17-14-8-18-5-4-12(14)7-18/h2-3,6,9,12,14H,4-5,7-8H2,1H3,(H,17,19)/t12-,14?/m0/s1. The van der Waals surface area contributed by atoms with Crippen LogP contribution in [0.2, 0.25) is 0 Å². The van der Waals surface area contributed by atoms with E-state index in [0.717, 1.165) is 29.6 Å². The summed E-state index contributed by atoms with van der Waals surface area (Å²) in [6.07, 6.45) is 2.94. The van der Waals surface area contributed by atoms with E-state index < -0.39 is 0 Å². The lowest BCUT2D eigenvalue weighted by atomic mass is 9.99. The number of nitrogens with zero attached hydrogens (tertiary/aromatic N) is 1. The highest BCUT2D eigenvalue weighted by Crippen LogP contribution is 2.28. The van der Waals surface area contributed by atoms with Crippen LogP contribution in [-0.2, 0) is 0 Å². The maximum absolute atomic E-state index is 12.4. The second kappa shape index (κ2) is 4.35. The van der Waals surface area contributed by atoms with Gasteiger partial charge in [-0.15, -0.1) is 0 Å². The molecule has 2 fully saturated rings. The number of hydrogen-bond donors (Lipinski definition) is 1. The van der Waals surface area contributed by atoms with E-state index in [1.165, 1.54) is 13.0 Å². The molecule has 0 saturated carbocycles. The van der Waals surface area contributed by atoms with E-state index in [1.54, 1.807) is 6.26 Å². The van der Waals surface area contributed by atoms with Gasteiger partial charge in [-0.05, 0) is 43.5 Å². The second-order valence-corrected chi connectivity index (χ2v) is 6.02. The highest BCUT2D eigenvalue weighted by molar-refractivity contribution is 5.98. The molecule has 2 aliphatic heterocycles. The molecule has 4 rings (SSSR count). The molecule has 1 aromatic heterocycles. The summed E-state index contributed by atoms with van der Waals surface area (Å²) in [5.74, 6) is 0.647. The van der Waals surface area contributed by atoms with Gasteiger partial charge in [-0.3, -0.25) is 4.79 Å². The van der Waals surface area contributed by atoms with E-state index in [2.05, 4.69) is 10.2 Å². The molecule has 20 heavy (non-hydrogen) atoms. The van der Waals surface area contributed by atoms with Gasteiger partial charge >= 0.3 is 0 Å². The number of nitrogens with one attached hydrogen (secondary N) is 1. The number of aryl methyl sites for hydroxylation is 1. The summed E-state index contributed by atoms with van der Waals surface area (Å²) in [5.41, 5.74) is 2.57. The molecule has 3 atom stereocenters. The van der Waals surface area contributed by atoms with Crippen LogP contribution in [0, 0.1) is 12.8 Å². The van der Waals surface area contributed by atoms with Gasteiger partial charge in [0.25, 0.3) is 5.91 Å². The monoisotopic (exact) mass is 270 g/mol. The van der Waals surface area contributed by atoms with Crippen LogP contribution in [0.15, 0.2) is 28.9 Å². The summed E-state index contributed by atoms with van der Waals surface area (Å²) in [6.45, 7) is 5.34. The van der Waals surface area contributed by atoms with Gasteiger partial charge in [0.15, 0.2) is 0 Å². The molecule has 2 saturated heterocycles. The fourth-order valence-corrected chi connectivity index (χ4v) is 3.50. The van der Waals surface area contributed by atoms with Gasteiger partial charge in [0.05, 0.1) is 6.26 Å². The van der Waals surface area contributed by atoms with Crippen LogP contribution in [0.4, 0.5) is 0 Å². The van der Waals surface area contributed by atoms with Crippen LogP contribution < -0.4 is 5.32 Å². The predicted octanol–water partition coefficient (Wildman–Crippen LogP) is 2.18. The minimum Gasteiger partial charge on any atom is -0.464 e. The first-order valence-electron chi connectivity index (χ1n) is 7.22. The van der Waals surface area contributed by atoms with Crippen LogP contribution >= 0.6 is 0 Å². The average molecular weight is 270 g/mol. The van der Waals surface area contributed by atoms with E-state index in [4.69, 9.17) is 4.42 Å². The smallest absolute Gasteiger partial charge is 0.251 e. The normalized spacial score (nSPS) is 28.1. The third-order valence-electron chi connectivity index (χ3n) is 4.68. The molecule has 0 spiro atoms. The number of amides is 1. The van der Waals surface area contributed by atoms with Crippen molar-refractivity contribution in [2.45, 2.75) is 19.4 Å². The van der Waals surface area contributed by atoms with E-state index in [9.17, 15) is 4.79 Å². The van der Waals surface area contributed by atoms with Gasteiger partial charge < -0.3 is 14.6 Å². The highest BCUT2D eigenvalue weighted by atomic mass is 16.3. The number of carbonyl (C=O) groups is 1. The van der Waals surface area contributed by atoms with Crippen molar-refractivity contribution < 1.29 is 9.21 Å². The van der Waals surface area contributed by atoms with Gasteiger partial charge in [-0.2, -0.15) is 0 Å². The third kappa shape index (κ3) is 1.83. The van der Waals surface area contributed by atoms with Gasteiger partial charge in [-0.1, -0.05) is 6.07 Å². The lowest BCUT2D eigenvalue weighted by molar-refractivity contribution is 0.0924. The molecule has 4 heteroatoms. The van der Waals surface area contributed by atoms with Crippen molar-refractivity contribution in [1.29, 1.82) is 0 Å². The SMILES string of the molecule is Cc1coc2cc(C(=O)NC3CN4CC[C@H]3C4)ccc12. The maximum atomic E-state index is 12.4. The molecular weight excluding hydrogens is 252 g/mol. The third-order valence-corrected chi connectivity index (χ3v) is 4.68. The number of benzene rings is 1. The molecule has 2 unspecified atom stereocenters. The van der Waals surface area contributed by atoms with E-state index in [-0.39, 0.29) is 5.91 Å². The van der Waals surface area contributed by atoms with Crippen molar-refractivity contribution in [1.82, 2.24) is 10.2 Å². The average Bonchev–Trinajstić information content (AvgIpc) is 3.14. The Kier molecular flexibility index (Phi) is 2.60. The van der Waals surface area contributed by atoms with Crippen LogP contribution in [0.1, 0.15) is 22.3 Å². The van der Waals surface area contributed by atoms with E-state index in [1.807, 2.05) is 25.1 Å². The van der Waals surface area contributed by atoms with Gasteiger partial charge in [0, 0.05) is 30.1 Å². The first kappa shape index (κ1) is 12.0. The fourth-order valence-electron chi connectivity index (χ4n) is 3.50. The molecule has 0 radical (unpaired) electrons. The van der Waals surface area contributed by atoms with Crippen LogP contribution in [0.25, 0.3) is 11.0 Å². The molecule has 4 nitrogen and oxygen atoms in total. The minimum atomic E-state index is 0.0136. The molecule has 0 aliphatic carbocycles. The Morgan fingerprint density at radius 1 is 1.40 bits per heavy atom. The van der Waals surface area contributed by atoms with Crippen molar-refractivity contribution in [3.63, 3.8) is 0 Å². The molecular formula is C16H18N2O2. The van der Waals surface area contributed by atoms with Crippen molar-refractivity contribution in [3.8, 4) is 0 Å². The quantitative estimate of drug-likeness (QED) is 0.909. The van der Waals surface area contributed by atoms with E-state index in [0.29, 0.717) is 17.5 Å². The summed E-state index contributed by atoms with van der Waals surface area (Å²) in [4.78, 5) is 14.8. The first-order chi connectivity index (χ1) is 9.70. The number of furan rings is 1. The van der Waals surface area contributed by atoms with Gasteiger partial charge in [0.1, 0.15) is 5.58 Å². The zero-order valence-corrected chi connectivity index (χ0v) is 11.6. The largest absolute Gasteiger partial charge is 0.464 e. The molecule has 1 amide bonds. The first-order valence-corrected chi connectivity index (χ1v) is 7.22. The summed E-state index contributed by atoms with van der Waals surface area (Å²) >= 11 is 0. The Hall–Kier alpha value is -1.81. The number of carbonyl (C=O) groups excluding carboxylic acids is 1. The summed E-state index contributed by atoms with van der Waals surface area (Å²) < 4.78 is 5.47. The topological polar surface area (TPSA) is 45.5 Å². The second-order valence-electron chi connectivity index (χ2n) is 6.02. The van der Waals surface area contributed by atoms with Crippen molar-refractivity contribution in [3.05, 3.63) is 35.6 Å². The number of rotatable bonds is 2. The van der Waals surface area contributed by atoms with Crippen LogP contribution in [0.3, 0.4) is 0 Å². The molecule has 104 valence electrons. The zero-order chi connectivity index (χ0) is 13.7. The molecule has 3 heterocycles. The molecule has 2 bridgehead atoms. The predicted molar refractivity (Wildman–Crippen MR) is 76.8 cm³/mol. The maximum Gasteiger partial charge on any atom is 0.251 e. The van der Waals surface area contributed by atoms with Gasteiger partial charge in [0.2, 0.25) is 0 Å². The van der Waals surface area contributed by atoms with Crippen molar-refractivity contribution >= 4 is 16.9 Å². The Bertz CT molecular complexity index is 676. The van der Waals surface area contributed by atoms with Gasteiger partial charge in [-0.25, -0.2) is 0 Å². The minimum absolute atomic E-state index is 0.0136. The summed E-state index contributed by atoms with van der Waals surface area (Å²) in [7, 11) is 0. The summed E-state index contributed by atoms with van der Waals surface area (Å²) in [5, 5.41) is 4.25. The highest BCUT2D eigenvalue weighted by Gasteiger charge is 2.38. The lowest BCUT2D eigenvalue weighted by Crippen LogP contribution is -2.43. The Morgan fingerprint density at radius 3 is 3.05 bits per heavy atom. The molecule has 1 aromatic carbocycles. The number of piperidine rings is 1. The number of fused-ring (bicyclic) bond motifs is 3. The van der Waals surface area contributed by atoms with Crippen LogP contribution in [-0.4, -0.2) is 36.5 Å². The molecule has 1 N–H and O–H groups in total. The molecule has 2 aliphatic rings. The lowest BCUT2D eigenvalue weighted by Gasteiger charge is -2.23. The van der Waals surface area contributed by atoms with E-state index >= 15 is 0 Å². The van der Waals surface area contributed by atoms with Crippen molar-refractivity contribution in [2.75, 3.05) is 19.6 Å². The Labute approximate surface area is 117 Å². The Morgan fingerprint density at radius 2 is 2.30 bits per heavy atom. The number of hydrogen-bond acceptors (Lipinski definition) is 3. The Balaban J connectivity index is 1.54. The summed E-state index contributed by atoms with van der Waals surface area (Å²) in [6, 6.07) is 6.00. The van der Waals surface area contributed by atoms with Crippen LogP contribution in [0.5, 0.6) is 0 Å². The molecule has 2 aromatic rings.